The molecule has 172 valence electrons. The van der Waals surface area contributed by atoms with Crippen molar-refractivity contribution in [2.75, 3.05) is 26.2 Å². The first-order valence-electron chi connectivity index (χ1n) is 11.2. The molecule has 0 unspecified atom stereocenters. The summed E-state index contributed by atoms with van der Waals surface area (Å²) in [6.45, 7) is 20.8. The van der Waals surface area contributed by atoms with E-state index in [1.165, 1.54) is 0 Å². The standard InChI is InChI=1S/2C12H21N3.Sr.2H/c2*1-9(2)7-13-11-5-6-12(15-11)14-8-10(3)4;;;/h2*5-6,9-10H,7-8H2,1-4H3,(H,13,14,15);;;. The van der Waals surface area contributed by atoms with Gasteiger partial charge in [-0.1, -0.05) is 55.4 Å². The SMILES string of the molecule is CC(C)CN=C1C=CC(=NCC(C)C)N1.CC(C)CN=C1C=CC(=NCC(C)C)N1.[SrH2]. The number of nitrogens with one attached hydrogen (secondary N) is 2. The number of hydrogen-bond acceptors (Lipinski definition) is 4. The molecule has 0 amide bonds. The summed E-state index contributed by atoms with van der Waals surface area (Å²) >= 11 is 0. The van der Waals surface area contributed by atoms with Gasteiger partial charge in [0.25, 0.3) is 0 Å². The fraction of sp³-hybridized carbons (Fsp3) is 0.667. The fourth-order valence-corrected chi connectivity index (χ4v) is 2.24. The Morgan fingerprint density at radius 1 is 0.484 bits per heavy atom. The van der Waals surface area contributed by atoms with Gasteiger partial charge in [-0.25, -0.2) is 0 Å². The molecule has 2 aliphatic heterocycles. The Balaban J connectivity index is 0.000000562. The Bertz CT molecular complexity index is 581. The third-order valence-corrected chi connectivity index (χ3v) is 3.82. The quantitative estimate of drug-likeness (QED) is 0.496. The molecule has 0 spiro atoms. The minimum atomic E-state index is 0. The molecule has 31 heavy (non-hydrogen) atoms. The van der Waals surface area contributed by atoms with Crippen LogP contribution >= 0.6 is 0 Å². The number of nitrogens with zero attached hydrogens (tertiary/aromatic N) is 4. The molecule has 0 saturated heterocycles. The van der Waals surface area contributed by atoms with E-state index in [0.717, 1.165) is 49.5 Å². The molecule has 6 nitrogen and oxygen atoms in total. The van der Waals surface area contributed by atoms with Gasteiger partial charge in [-0.05, 0) is 48.0 Å². The fourth-order valence-electron chi connectivity index (χ4n) is 2.24. The van der Waals surface area contributed by atoms with Gasteiger partial charge in [-0.15, -0.1) is 0 Å². The molecule has 0 bridgehead atoms. The van der Waals surface area contributed by atoms with Gasteiger partial charge in [-0.2, -0.15) is 0 Å². The topological polar surface area (TPSA) is 73.5 Å². The second kappa shape index (κ2) is 16.8. The van der Waals surface area contributed by atoms with Gasteiger partial charge in [-0.3, -0.25) is 20.0 Å². The summed E-state index contributed by atoms with van der Waals surface area (Å²) in [5.74, 6) is 6.15. The summed E-state index contributed by atoms with van der Waals surface area (Å²) in [6.07, 6.45) is 7.95. The summed E-state index contributed by atoms with van der Waals surface area (Å²) in [5, 5.41) is 6.38. The van der Waals surface area contributed by atoms with Crippen molar-refractivity contribution < 1.29 is 0 Å². The van der Waals surface area contributed by atoms with Crippen LogP contribution in [0.15, 0.2) is 44.3 Å². The Morgan fingerprint density at radius 3 is 0.839 bits per heavy atom. The van der Waals surface area contributed by atoms with Crippen molar-refractivity contribution in [2.24, 2.45) is 43.6 Å². The van der Waals surface area contributed by atoms with Crippen LogP contribution in [0.5, 0.6) is 0 Å². The van der Waals surface area contributed by atoms with Crippen LogP contribution in [0.1, 0.15) is 55.4 Å². The normalized spacial score (nSPS) is 20.3. The molecular formula is C24H44N6Sr. The van der Waals surface area contributed by atoms with Crippen molar-refractivity contribution in [2.45, 2.75) is 55.4 Å². The molecule has 0 radical (unpaired) electrons. The molecule has 2 rings (SSSR count). The van der Waals surface area contributed by atoms with Gasteiger partial charge in [0.2, 0.25) is 0 Å². The first-order chi connectivity index (χ1) is 14.2. The zero-order chi connectivity index (χ0) is 22.5. The molecule has 2 N–H and O–H groups in total. The van der Waals surface area contributed by atoms with Crippen LogP contribution in [0.2, 0.25) is 0 Å². The van der Waals surface area contributed by atoms with Crippen molar-refractivity contribution in [1.82, 2.24) is 10.6 Å². The van der Waals surface area contributed by atoms with Crippen molar-refractivity contribution in [1.29, 1.82) is 0 Å². The zero-order valence-corrected chi connectivity index (χ0v) is 20.2. The molecule has 0 aliphatic carbocycles. The van der Waals surface area contributed by atoms with Crippen molar-refractivity contribution in [3.8, 4) is 0 Å². The molecule has 0 aromatic carbocycles. The van der Waals surface area contributed by atoms with E-state index in [1.54, 1.807) is 0 Å². The monoisotopic (exact) mass is 504 g/mol. The molecule has 0 saturated carbocycles. The van der Waals surface area contributed by atoms with Crippen molar-refractivity contribution in [3.63, 3.8) is 0 Å². The Labute approximate surface area is 227 Å². The van der Waals surface area contributed by atoms with Gasteiger partial charge in [0.15, 0.2) is 0 Å². The summed E-state index contributed by atoms with van der Waals surface area (Å²) < 4.78 is 0. The maximum atomic E-state index is 4.44. The Hall–Kier alpha value is -0.759. The van der Waals surface area contributed by atoms with Gasteiger partial charge < -0.3 is 10.6 Å². The van der Waals surface area contributed by atoms with E-state index in [9.17, 15) is 0 Å². The molecule has 0 fully saturated rings. The maximum absolute atomic E-state index is 4.44. The van der Waals surface area contributed by atoms with Crippen LogP contribution in [-0.4, -0.2) is 95.0 Å². The first-order valence-corrected chi connectivity index (χ1v) is 11.2. The molecule has 0 atom stereocenters. The molecule has 0 aromatic rings. The van der Waals surface area contributed by atoms with Crippen LogP contribution in [0, 0.1) is 23.7 Å². The number of hydrogen-bond donors (Lipinski definition) is 2. The number of amidine groups is 4. The van der Waals surface area contributed by atoms with E-state index in [2.05, 4.69) is 86.0 Å². The second-order valence-corrected chi connectivity index (χ2v) is 9.40. The van der Waals surface area contributed by atoms with Crippen LogP contribution in [-0.2, 0) is 0 Å². The van der Waals surface area contributed by atoms with Crippen LogP contribution in [0.25, 0.3) is 0 Å². The van der Waals surface area contributed by atoms with E-state index >= 15 is 0 Å². The van der Waals surface area contributed by atoms with Gasteiger partial charge in [0.05, 0.1) is 0 Å². The molecule has 2 heterocycles. The zero-order valence-electron chi connectivity index (χ0n) is 20.2. The average molecular weight is 504 g/mol. The summed E-state index contributed by atoms with van der Waals surface area (Å²) in [7, 11) is 0. The Kier molecular flexibility index (Phi) is 16.4. The van der Waals surface area contributed by atoms with E-state index in [-0.39, 0.29) is 45.5 Å². The van der Waals surface area contributed by atoms with Gasteiger partial charge >= 0.3 is 45.5 Å². The molecular weight excluding hydrogens is 460 g/mol. The minimum absolute atomic E-state index is 0. The summed E-state index contributed by atoms with van der Waals surface area (Å²) in [4.78, 5) is 17.8. The predicted molar refractivity (Wildman–Crippen MR) is 142 cm³/mol. The summed E-state index contributed by atoms with van der Waals surface area (Å²) in [5.41, 5.74) is 0. The van der Waals surface area contributed by atoms with E-state index < -0.39 is 0 Å². The van der Waals surface area contributed by atoms with Crippen LogP contribution in [0.3, 0.4) is 0 Å². The average Bonchev–Trinajstić information content (AvgIpc) is 3.31. The summed E-state index contributed by atoms with van der Waals surface area (Å²) in [6, 6.07) is 0. The van der Waals surface area contributed by atoms with Crippen molar-refractivity contribution >= 4 is 68.8 Å². The van der Waals surface area contributed by atoms with E-state index in [1.807, 2.05) is 24.3 Å². The third kappa shape index (κ3) is 15.6. The predicted octanol–water partition coefficient (Wildman–Crippen LogP) is 3.59. The van der Waals surface area contributed by atoms with E-state index in [4.69, 9.17) is 0 Å². The first kappa shape index (κ1) is 30.2. The van der Waals surface area contributed by atoms with Crippen LogP contribution < -0.4 is 10.6 Å². The van der Waals surface area contributed by atoms with Gasteiger partial charge in [0.1, 0.15) is 23.3 Å². The Morgan fingerprint density at radius 2 is 0.677 bits per heavy atom. The molecule has 7 heteroatoms. The van der Waals surface area contributed by atoms with E-state index in [0.29, 0.717) is 23.7 Å². The second-order valence-electron chi connectivity index (χ2n) is 9.40. The molecule has 2 aliphatic rings. The number of aliphatic imine (C=N–C) groups is 4. The van der Waals surface area contributed by atoms with Gasteiger partial charge in [0, 0.05) is 26.2 Å². The third-order valence-electron chi connectivity index (χ3n) is 3.82. The van der Waals surface area contributed by atoms with Crippen LogP contribution in [0.4, 0.5) is 0 Å². The number of rotatable bonds is 8. The molecule has 0 aromatic heterocycles. The van der Waals surface area contributed by atoms with Crippen molar-refractivity contribution in [3.05, 3.63) is 24.3 Å².